The predicted molar refractivity (Wildman–Crippen MR) is 146 cm³/mol. The molecule has 0 amide bonds. The van der Waals surface area contributed by atoms with Crippen LogP contribution in [0.1, 0.15) is 42.0 Å². The SMILES string of the molecule is CCCC#CCc1ccc(-c2cc(Nc3cccc4c3CC[N+](C)(S(C)(=O)=O)C4)ccc2C)cc1. The van der Waals surface area contributed by atoms with E-state index >= 15 is 0 Å². The first-order chi connectivity index (χ1) is 16.7. The van der Waals surface area contributed by atoms with E-state index < -0.39 is 10.0 Å². The normalized spacial score (nSPS) is 17.3. The average molecular weight is 488 g/mol. The van der Waals surface area contributed by atoms with Crippen LogP contribution in [0.5, 0.6) is 0 Å². The molecule has 0 bridgehead atoms. The molecule has 4 nitrogen and oxygen atoms in total. The molecule has 182 valence electrons. The molecule has 1 aliphatic rings. The maximum absolute atomic E-state index is 12.3. The van der Waals surface area contributed by atoms with Crippen LogP contribution in [0.25, 0.3) is 11.1 Å². The monoisotopic (exact) mass is 487 g/mol. The highest BCUT2D eigenvalue weighted by Gasteiger charge is 2.38. The fourth-order valence-corrected chi connectivity index (χ4v) is 5.41. The van der Waals surface area contributed by atoms with Crippen molar-refractivity contribution in [2.45, 2.75) is 46.1 Å². The molecule has 4 rings (SSSR count). The van der Waals surface area contributed by atoms with Crippen LogP contribution in [0.15, 0.2) is 60.7 Å². The van der Waals surface area contributed by atoms with Crippen molar-refractivity contribution in [3.8, 4) is 23.0 Å². The third-order valence-electron chi connectivity index (χ3n) is 6.99. The van der Waals surface area contributed by atoms with Crippen LogP contribution in [0, 0.1) is 18.8 Å². The number of fused-ring (bicyclic) bond motifs is 1. The Morgan fingerprint density at radius 2 is 1.80 bits per heavy atom. The number of nitrogens with one attached hydrogen (secondary N) is 1. The van der Waals surface area contributed by atoms with Crippen LogP contribution in [0.4, 0.5) is 11.4 Å². The highest BCUT2D eigenvalue weighted by atomic mass is 32.2. The van der Waals surface area contributed by atoms with Gasteiger partial charge in [-0.15, -0.1) is 5.92 Å². The van der Waals surface area contributed by atoms with Gasteiger partial charge >= 0.3 is 0 Å². The van der Waals surface area contributed by atoms with Crippen molar-refractivity contribution in [3.63, 3.8) is 0 Å². The van der Waals surface area contributed by atoms with E-state index in [1.54, 1.807) is 0 Å². The van der Waals surface area contributed by atoms with E-state index in [9.17, 15) is 8.42 Å². The second-order valence-corrected chi connectivity index (χ2v) is 12.1. The minimum absolute atomic E-state index is 0.0539. The zero-order valence-electron chi connectivity index (χ0n) is 21.2. The van der Waals surface area contributed by atoms with Crippen molar-refractivity contribution in [1.82, 2.24) is 0 Å². The van der Waals surface area contributed by atoms with E-state index in [0.717, 1.165) is 42.6 Å². The number of sulfonamides is 1. The number of benzene rings is 3. The van der Waals surface area contributed by atoms with Gasteiger partial charge in [0.2, 0.25) is 0 Å². The molecule has 0 spiro atoms. The summed E-state index contributed by atoms with van der Waals surface area (Å²) in [5, 5.41) is 3.61. The largest absolute Gasteiger partial charge is 0.355 e. The number of quaternary nitrogens is 1. The Labute approximate surface area is 210 Å². The van der Waals surface area contributed by atoms with Gasteiger partial charge in [0.1, 0.15) is 6.54 Å². The summed E-state index contributed by atoms with van der Waals surface area (Å²) >= 11 is 0. The van der Waals surface area contributed by atoms with Gasteiger partial charge in [-0.25, -0.2) is 3.89 Å². The zero-order valence-corrected chi connectivity index (χ0v) is 22.0. The van der Waals surface area contributed by atoms with Gasteiger partial charge < -0.3 is 5.32 Å². The molecule has 1 unspecified atom stereocenters. The van der Waals surface area contributed by atoms with E-state index in [1.165, 1.54) is 34.1 Å². The number of anilines is 2. The van der Waals surface area contributed by atoms with E-state index in [0.29, 0.717) is 13.1 Å². The lowest BCUT2D eigenvalue weighted by atomic mass is 9.96. The summed E-state index contributed by atoms with van der Waals surface area (Å²) in [6.07, 6.45) is 4.90. The fraction of sp³-hybridized carbons (Fsp3) is 0.333. The van der Waals surface area contributed by atoms with Gasteiger partial charge in [-0.05, 0) is 59.4 Å². The number of aryl methyl sites for hydroxylation is 1. The summed E-state index contributed by atoms with van der Waals surface area (Å²) in [4.78, 5) is 0. The van der Waals surface area contributed by atoms with Crippen LogP contribution in [0.2, 0.25) is 0 Å². The van der Waals surface area contributed by atoms with Gasteiger partial charge in [0.15, 0.2) is 0 Å². The lowest BCUT2D eigenvalue weighted by molar-refractivity contribution is -0.801. The van der Waals surface area contributed by atoms with Gasteiger partial charge in [0, 0.05) is 36.2 Å². The number of likely N-dealkylation sites (N-methyl/N-ethyl adjacent to an activating group) is 1. The Morgan fingerprint density at radius 1 is 1.03 bits per heavy atom. The van der Waals surface area contributed by atoms with Crippen LogP contribution in [0.3, 0.4) is 0 Å². The fourth-order valence-electron chi connectivity index (χ4n) is 4.61. The maximum atomic E-state index is 12.3. The molecular formula is C30H35N2O2S+. The summed E-state index contributed by atoms with van der Waals surface area (Å²) < 4.78 is 24.7. The second-order valence-electron chi connectivity index (χ2n) is 9.74. The molecular weight excluding hydrogens is 452 g/mol. The van der Waals surface area contributed by atoms with E-state index in [4.69, 9.17) is 0 Å². The second kappa shape index (κ2) is 10.3. The number of hydrogen-bond acceptors (Lipinski definition) is 3. The molecule has 3 aromatic carbocycles. The lowest BCUT2D eigenvalue weighted by Gasteiger charge is -2.36. The Morgan fingerprint density at radius 3 is 2.51 bits per heavy atom. The van der Waals surface area contributed by atoms with Gasteiger partial charge in [-0.3, -0.25) is 0 Å². The summed E-state index contributed by atoms with van der Waals surface area (Å²) in [5.41, 5.74) is 9.23. The molecule has 0 aliphatic carbocycles. The molecule has 0 fully saturated rings. The molecule has 3 aromatic rings. The molecule has 0 saturated carbocycles. The first-order valence-corrected chi connectivity index (χ1v) is 14.1. The summed E-state index contributed by atoms with van der Waals surface area (Å²) in [5.74, 6) is 6.47. The lowest BCUT2D eigenvalue weighted by Crippen LogP contribution is -2.51. The Kier molecular flexibility index (Phi) is 7.35. The van der Waals surface area contributed by atoms with Crippen LogP contribution in [-0.4, -0.2) is 32.2 Å². The topological polar surface area (TPSA) is 46.2 Å². The number of unbranched alkanes of at least 4 members (excludes halogenated alkanes) is 1. The molecule has 35 heavy (non-hydrogen) atoms. The number of nitrogens with zero attached hydrogens (tertiary/aromatic N) is 1. The van der Waals surface area contributed by atoms with Crippen LogP contribution in [-0.2, 0) is 29.4 Å². The third kappa shape index (κ3) is 5.61. The standard InChI is InChI=1S/C30H35N2O2S/c1-5-6-7-8-10-24-14-16-25(17-15-24)29-21-27(18-13-23(29)2)31-30-12-9-11-26-22-32(3,35(4,33)34)20-19-28(26)30/h9,11-18,21,31H,5-6,10,19-20,22H2,1-4H3/q+1. The van der Waals surface area contributed by atoms with Crippen molar-refractivity contribution in [2.24, 2.45) is 0 Å². The first-order valence-electron chi connectivity index (χ1n) is 12.3. The van der Waals surface area contributed by atoms with Crippen LogP contribution >= 0.6 is 0 Å². The van der Waals surface area contributed by atoms with Crippen molar-refractivity contribution in [3.05, 3.63) is 82.9 Å². The Hall–Kier alpha value is -3.07. The molecule has 1 heterocycles. The average Bonchev–Trinajstić information content (AvgIpc) is 2.83. The number of rotatable bonds is 6. The van der Waals surface area contributed by atoms with Gasteiger partial charge in [0.05, 0.1) is 19.8 Å². The minimum atomic E-state index is -3.18. The summed E-state index contributed by atoms with van der Waals surface area (Å²) in [6.45, 7) is 5.36. The van der Waals surface area contributed by atoms with Crippen molar-refractivity contribution < 1.29 is 12.3 Å². The summed E-state index contributed by atoms with van der Waals surface area (Å²) in [6, 6.07) is 21.3. The quantitative estimate of drug-likeness (QED) is 0.332. The predicted octanol–water partition coefficient (Wildman–Crippen LogP) is 6.21. The van der Waals surface area contributed by atoms with Gasteiger partial charge in [0.25, 0.3) is 10.0 Å². The first kappa shape index (κ1) is 25.0. The Bertz CT molecular complexity index is 1380. The van der Waals surface area contributed by atoms with Gasteiger partial charge in [-0.2, -0.15) is 8.42 Å². The molecule has 0 radical (unpaired) electrons. The van der Waals surface area contributed by atoms with Crippen molar-refractivity contribution >= 4 is 21.4 Å². The maximum Gasteiger partial charge on any atom is 0.294 e. The molecule has 1 N–H and O–H groups in total. The molecule has 1 atom stereocenters. The van der Waals surface area contributed by atoms with Crippen LogP contribution < -0.4 is 5.32 Å². The molecule has 0 saturated heterocycles. The molecule has 1 aliphatic heterocycles. The number of hydrogen-bond donors (Lipinski definition) is 1. The highest BCUT2D eigenvalue weighted by Crippen LogP contribution is 2.34. The zero-order chi connectivity index (χ0) is 25.1. The minimum Gasteiger partial charge on any atom is -0.355 e. The Balaban J connectivity index is 1.56. The van der Waals surface area contributed by atoms with Crippen molar-refractivity contribution in [1.29, 1.82) is 0 Å². The summed E-state index contributed by atoms with van der Waals surface area (Å²) in [7, 11) is -1.37. The third-order valence-corrected chi connectivity index (χ3v) is 8.90. The van der Waals surface area contributed by atoms with E-state index in [2.05, 4.69) is 85.6 Å². The van der Waals surface area contributed by atoms with E-state index in [-0.39, 0.29) is 3.89 Å². The molecule has 0 aromatic heterocycles. The smallest absolute Gasteiger partial charge is 0.294 e. The van der Waals surface area contributed by atoms with E-state index in [1.807, 2.05) is 13.1 Å². The van der Waals surface area contributed by atoms with Gasteiger partial charge in [-0.1, -0.05) is 55.3 Å². The highest BCUT2D eigenvalue weighted by molar-refractivity contribution is 7.85. The molecule has 5 heteroatoms. The van der Waals surface area contributed by atoms with Crippen molar-refractivity contribution in [2.75, 3.05) is 25.2 Å².